The molecule has 1 heterocycles. The van der Waals surface area contributed by atoms with Gasteiger partial charge in [0.2, 0.25) is 0 Å². The average molecular weight is 383 g/mol. The molecule has 0 saturated heterocycles. The molecule has 0 atom stereocenters. The molecule has 0 amide bonds. The lowest BCUT2D eigenvalue weighted by atomic mass is 10.0. The zero-order valence-corrected chi connectivity index (χ0v) is 15.7. The summed E-state index contributed by atoms with van der Waals surface area (Å²) in [7, 11) is 0. The lowest BCUT2D eigenvalue weighted by molar-refractivity contribution is 1.09. The van der Waals surface area contributed by atoms with E-state index in [1.165, 1.54) is 37.7 Å². The molecule has 116 valence electrons. The molecule has 0 unspecified atom stereocenters. The zero-order chi connectivity index (χ0) is 16.2. The van der Waals surface area contributed by atoms with Crippen molar-refractivity contribution in [3.05, 3.63) is 71.2 Å². The first kappa shape index (κ1) is 16.2. The van der Waals surface area contributed by atoms with Crippen LogP contribution in [-0.4, -0.2) is 0 Å². The largest absolute Gasteiger partial charge is 0.135 e. The Labute approximate surface area is 149 Å². The van der Waals surface area contributed by atoms with Crippen molar-refractivity contribution in [2.45, 2.75) is 20.3 Å². The predicted molar refractivity (Wildman–Crippen MR) is 108 cm³/mol. The molecule has 0 N–H and O–H groups in total. The summed E-state index contributed by atoms with van der Waals surface area (Å²) in [6.45, 7) is 4.25. The highest BCUT2D eigenvalue weighted by atomic mass is 79.9. The molecule has 3 aromatic carbocycles. The van der Waals surface area contributed by atoms with Gasteiger partial charge in [-0.15, -0.1) is 11.3 Å². The second kappa shape index (κ2) is 7.29. The van der Waals surface area contributed by atoms with Crippen LogP contribution < -0.4 is 0 Å². The van der Waals surface area contributed by atoms with Crippen LogP contribution >= 0.6 is 27.3 Å². The molecule has 0 nitrogen and oxygen atoms in total. The van der Waals surface area contributed by atoms with Gasteiger partial charge in [-0.05, 0) is 29.3 Å². The maximum absolute atomic E-state index is 3.50. The fraction of sp³-hybridized carbons (Fsp3) is 0.143. The molecular weight excluding hydrogens is 364 g/mol. The van der Waals surface area contributed by atoms with Gasteiger partial charge < -0.3 is 0 Å². The molecule has 4 aromatic rings. The van der Waals surface area contributed by atoms with Crippen LogP contribution in [0.3, 0.4) is 0 Å². The summed E-state index contributed by atoms with van der Waals surface area (Å²) in [6, 6.07) is 23.7. The third-order valence-corrected chi connectivity index (χ3v) is 5.31. The summed E-state index contributed by atoms with van der Waals surface area (Å²) in [6.07, 6.45) is 1.25. The maximum Gasteiger partial charge on any atom is 0.0433 e. The summed E-state index contributed by atoms with van der Waals surface area (Å²) in [5.41, 5.74) is 2.58. The molecule has 0 fully saturated rings. The summed E-state index contributed by atoms with van der Waals surface area (Å²) < 4.78 is 3.84. The summed E-state index contributed by atoms with van der Waals surface area (Å²) in [5, 5.41) is 2.71. The van der Waals surface area contributed by atoms with Crippen LogP contribution in [-0.2, 0) is 0 Å². The second-order valence-electron chi connectivity index (χ2n) is 5.49. The molecule has 0 bridgehead atoms. The van der Waals surface area contributed by atoms with Crippen LogP contribution in [0.25, 0.3) is 31.3 Å². The van der Waals surface area contributed by atoms with Gasteiger partial charge in [0.25, 0.3) is 0 Å². The standard InChI is InChI=1S/C18H11BrS.C3H8/c19-13-10-8-12(9-11-13)14-5-3-6-16-15-4-1-2-7-17(15)20-18(14)16;1-3-2/h1-11H;3H2,1-2H3. The van der Waals surface area contributed by atoms with Crippen molar-refractivity contribution in [1.82, 2.24) is 0 Å². The van der Waals surface area contributed by atoms with Gasteiger partial charge in [0.1, 0.15) is 0 Å². The number of rotatable bonds is 1. The van der Waals surface area contributed by atoms with Crippen LogP contribution in [0.15, 0.2) is 71.2 Å². The molecule has 0 aliphatic rings. The molecule has 4 rings (SSSR count). The lowest BCUT2D eigenvalue weighted by Crippen LogP contribution is -1.77. The highest BCUT2D eigenvalue weighted by Crippen LogP contribution is 2.39. The average Bonchev–Trinajstić information content (AvgIpc) is 2.95. The van der Waals surface area contributed by atoms with E-state index in [9.17, 15) is 0 Å². The van der Waals surface area contributed by atoms with E-state index in [4.69, 9.17) is 0 Å². The topological polar surface area (TPSA) is 0 Å². The summed E-state index contributed by atoms with van der Waals surface area (Å²) in [4.78, 5) is 0. The third kappa shape index (κ3) is 3.34. The van der Waals surface area contributed by atoms with Gasteiger partial charge in [-0.3, -0.25) is 0 Å². The normalized spacial score (nSPS) is 10.6. The fourth-order valence-corrected chi connectivity index (χ4v) is 4.11. The van der Waals surface area contributed by atoms with Crippen molar-refractivity contribution in [2.75, 3.05) is 0 Å². The molecule has 0 aliphatic heterocycles. The van der Waals surface area contributed by atoms with Crippen molar-refractivity contribution in [2.24, 2.45) is 0 Å². The molecule has 0 saturated carbocycles. The Bertz CT molecular complexity index is 920. The Morgan fingerprint density at radius 2 is 1.43 bits per heavy atom. The van der Waals surface area contributed by atoms with E-state index in [1.54, 1.807) is 0 Å². The monoisotopic (exact) mass is 382 g/mol. The minimum absolute atomic E-state index is 1.12. The van der Waals surface area contributed by atoms with Crippen LogP contribution in [0.4, 0.5) is 0 Å². The Kier molecular flexibility index (Phi) is 5.14. The quantitative estimate of drug-likeness (QED) is 0.313. The molecule has 0 radical (unpaired) electrons. The Balaban J connectivity index is 0.000000485. The van der Waals surface area contributed by atoms with Gasteiger partial charge in [0.05, 0.1) is 0 Å². The first-order chi connectivity index (χ1) is 11.2. The summed E-state index contributed by atoms with van der Waals surface area (Å²) in [5.74, 6) is 0. The number of thiophene rings is 1. The number of benzene rings is 3. The van der Waals surface area contributed by atoms with Gasteiger partial charge in [0.15, 0.2) is 0 Å². The van der Waals surface area contributed by atoms with E-state index < -0.39 is 0 Å². The van der Waals surface area contributed by atoms with E-state index >= 15 is 0 Å². The van der Waals surface area contributed by atoms with Crippen LogP contribution in [0.2, 0.25) is 0 Å². The first-order valence-corrected chi connectivity index (χ1v) is 9.51. The predicted octanol–water partition coefficient (Wildman–Crippen LogP) is 7.90. The Morgan fingerprint density at radius 3 is 2.17 bits per heavy atom. The van der Waals surface area contributed by atoms with Crippen molar-refractivity contribution in [1.29, 1.82) is 0 Å². The van der Waals surface area contributed by atoms with Crippen molar-refractivity contribution in [3.63, 3.8) is 0 Å². The maximum atomic E-state index is 3.50. The molecule has 23 heavy (non-hydrogen) atoms. The fourth-order valence-electron chi connectivity index (χ4n) is 2.60. The summed E-state index contributed by atoms with van der Waals surface area (Å²) >= 11 is 5.37. The van der Waals surface area contributed by atoms with Crippen molar-refractivity contribution in [3.8, 4) is 11.1 Å². The van der Waals surface area contributed by atoms with E-state index in [1.807, 2.05) is 11.3 Å². The van der Waals surface area contributed by atoms with Crippen LogP contribution in [0.5, 0.6) is 0 Å². The highest BCUT2D eigenvalue weighted by molar-refractivity contribution is 9.10. The van der Waals surface area contributed by atoms with Gasteiger partial charge in [-0.2, -0.15) is 0 Å². The smallest absolute Gasteiger partial charge is 0.0433 e. The minimum atomic E-state index is 1.12. The Morgan fingerprint density at radius 1 is 0.783 bits per heavy atom. The van der Waals surface area contributed by atoms with Gasteiger partial charge in [-0.25, -0.2) is 0 Å². The highest BCUT2D eigenvalue weighted by Gasteiger charge is 2.09. The van der Waals surface area contributed by atoms with E-state index in [0.717, 1.165) is 4.47 Å². The number of halogens is 1. The molecular formula is C21H19BrS. The second-order valence-corrected chi connectivity index (χ2v) is 7.46. The number of hydrogen-bond acceptors (Lipinski definition) is 1. The van der Waals surface area contributed by atoms with Crippen molar-refractivity contribution >= 4 is 47.4 Å². The number of fused-ring (bicyclic) bond motifs is 3. The molecule has 0 spiro atoms. The minimum Gasteiger partial charge on any atom is -0.135 e. The molecule has 1 aromatic heterocycles. The van der Waals surface area contributed by atoms with Crippen LogP contribution in [0.1, 0.15) is 20.3 Å². The van der Waals surface area contributed by atoms with Gasteiger partial charge >= 0.3 is 0 Å². The number of hydrogen-bond donors (Lipinski definition) is 0. The van der Waals surface area contributed by atoms with Gasteiger partial charge in [-0.1, -0.05) is 84.7 Å². The lowest BCUT2D eigenvalue weighted by Gasteiger charge is -2.03. The van der Waals surface area contributed by atoms with Crippen molar-refractivity contribution < 1.29 is 0 Å². The van der Waals surface area contributed by atoms with Gasteiger partial charge in [0, 0.05) is 24.6 Å². The molecule has 2 heteroatoms. The van der Waals surface area contributed by atoms with E-state index in [2.05, 4.69) is 96.5 Å². The Hall–Kier alpha value is -1.64. The third-order valence-electron chi connectivity index (χ3n) is 3.56. The molecule has 0 aliphatic carbocycles. The SMILES string of the molecule is Brc1ccc(-c2cccc3c2sc2ccccc23)cc1.CCC. The first-order valence-electron chi connectivity index (χ1n) is 7.90. The van der Waals surface area contributed by atoms with E-state index in [0.29, 0.717) is 0 Å². The van der Waals surface area contributed by atoms with E-state index in [-0.39, 0.29) is 0 Å². The zero-order valence-electron chi connectivity index (χ0n) is 13.3. The van der Waals surface area contributed by atoms with Crippen LogP contribution in [0, 0.1) is 0 Å².